The molecule has 0 radical (unpaired) electrons. The van der Waals surface area contributed by atoms with E-state index in [0.29, 0.717) is 0 Å². The number of carbonyl (C=O) groups is 1. The summed E-state index contributed by atoms with van der Waals surface area (Å²) in [6.45, 7) is 1.50. The number of benzene rings is 2. The second-order valence-electron chi connectivity index (χ2n) is 4.41. The van der Waals surface area contributed by atoms with Crippen LogP contribution in [0.4, 0.5) is 5.69 Å². The first-order valence-electron chi connectivity index (χ1n) is 6.37. The maximum absolute atomic E-state index is 10.9. The Morgan fingerprint density at radius 3 is 2.40 bits per heavy atom. The van der Waals surface area contributed by atoms with Gasteiger partial charge in [-0.1, -0.05) is 36.4 Å². The van der Waals surface area contributed by atoms with Gasteiger partial charge in [-0.3, -0.25) is 4.79 Å². The summed E-state index contributed by atoms with van der Waals surface area (Å²) in [5, 5.41) is 2.74. The summed E-state index contributed by atoms with van der Waals surface area (Å²) in [5.41, 5.74) is 2.95. The van der Waals surface area contributed by atoms with E-state index < -0.39 is 0 Å². The summed E-state index contributed by atoms with van der Waals surface area (Å²) in [6, 6.07) is 15.5. The number of hydrogen-bond donors (Lipinski definition) is 1. The van der Waals surface area contributed by atoms with Gasteiger partial charge in [-0.2, -0.15) is 0 Å². The highest BCUT2D eigenvalue weighted by Crippen LogP contribution is 2.16. The fraction of sp³-hybridized carbons (Fsp3) is 0.118. The lowest BCUT2D eigenvalue weighted by atomic mass is 10.1. The number of rotatable bonds is 4. The van der Waals surface area contributed by atoms with E-state index in [4.69, 9.17) is 4.74 Å². The number of ether oxygens (including phenoxy) is 1. The van der Waals surface area contributed by atoms with Crippen LogP contribution >= 0.6 is 0 Å². The Balaban J connectivity index is 2.08. The molecule has 0 aliphatic heterocycles. The van der Waals surface area contributed by atoms with E-state index in [0.717, 1.165) is 22.6 Å². The third-order valence-corrected chi connectivity index (χ3v) is 2.79. The van der Waals surface area contributed by atoms with Gasteiger partial charge in [0.1, 0.15) is 5.75 Å². The van der Waals surface area contributed by atoms with Crippen LogP contribution in [0.1, 0.15) is 18.1 Å². The number of methoxy groups -OCH3 is 1. The first-order chi connectivity index (χ1) is 9.67. The van der Waals surface area contributed by atoms with Crippen molar-refractivity contribution in [2.75, 3.05) is 12.4 Å². The van der Waals surface area contributed by atoms with E-state index in [-0.39, 0.29) is 5.91 Å². The lowest BCUT2D eigenvalue weighted by Gasteiger charge is -2.02. The molecule has 0 bridgehead atoms. The van der Waals surface area contributed by atoms with Gasteiger partial charge in [0, 0.05) is 12.6 Å². The zero-order chi connectivity index (χ0) is 14.4. The van der Waals surface area contributed by atoms with Gasteiger partial charge in [-0.15, -0.1) is 0 Å². The molecule has 102 valence electrons. The van der Waals surface area contributed by atoms with Crippen LogP contribution < -0.4 is 10.1 Å². The summed E-state index contributed by atoms with van der Waals surface area (Å²) < 4.78 is 5.19. The van der Waals surface area contributed by atoms with Crippen molar-refractivity contribution in [3.63, 3.8) is 0 Å². The summed E-state index contributed by atoms with van der Waals surface area (Å²) in [4.78, 5) is 10.9. The number of hydrogen-bond acceptors (Lipinski definition) is 2. The molecule has 0 aliphatic carbocycles. The normalized spacial score (nSPS) is 10.5. The summed E-state index contributed by atoms with van der Waals surface area (Å²) in [7, 11) is 1.66. The molecule has 2 aromatic carbocycles. The summed E-state index contributed by atoms with van der Waals surface area (Å²) in [6.07, 6.45) is 4.04. The molecule has 2 rings (SSSR count). The van der Waals surface area contributed by atoms with Crippen molar-refractivity contribution in [2.24, 2.45) is 0 Å². The lowest BCUT2D eigenvalue weighted by molar-refractivity contribution is -0.114. The van der Waals surface area contributed by atoms with Gasteiger partial charge in [0.05, 0.1) is 7.11 Å². The Bertz CT molecular complexity index is 615. The molecule has 0 aliphatic rings. The minimum absolute atomic E-state index is 0.0651. The van der Waals surface area contributed by atoms with Gasteiger partial charge in [-0.05, 0) is 35.4 Å². The second-order valence-corrected chi connectivity index (χ2v) is 4.41. The predicted molar refractivity (Wildman–Crippen MR) is 82.7 cm³/mol. The molecule has 1 amide bonds. The lowest BCUT2D eigenvalue weighted by Crippen LogP contribution is -2.05. The molecular weight excluding hydrogens is 250 g/mol. The Morgan fingerprint density at radius 2 is 1.75 bits per heavy atom. The molecule has 0 heterocycles. The number of amides is 1. The number of nitrogens with one attached hydrogen (secondary N) is 1. The Morgan fingerprint density at radius 1 is 1.05 bits per heavy atom. The molecule has 2 aromatic rings. The van der Waals surface area contributed by atoms with Crippen LogP contribution in [-0.4, -0.2) is 13.0 Å². The average molecular weight is 267 g/mol. The molecule has 0 unspecified atom stereocenters. The van der Waals surface area contributed by atoms with Crippen molar-refractivity contribution in [3.05, 3.63) is 59.7 Å². The zero-order valence-electron chi connectivity index (χ0n) is 11.6. The molecule has 20 heavy (non-hydrogen) atoms. The third kappa shape index (κ3) is 3.99. The van der Waals surface area contributed by atoms with Gasteiger partial charge >= 0.3 is 0 Å². The Hall–Kier alpha value is -2.55. The van der Waals surface area contributed by atoms with Crippen molar-refractivity contribution < 1.29 is 9.53 Å². The minimum Gasteiger partial charge on any atom is -0.497 e. The Labute approximate surface area is 118 Å². The average Bonchev–Trinajstić information content (AvgIpc) is 2.46. The van der Waals surface area contributed by atoms with Crippen molar-refractivity contribution in [1.82, 2.24) is 0 Å². The van der Waals surface area contributed by atoms with Crippen molar-refractivity contribution in [2.45, 2.75) is 6.92 Å². The van der Waals surface area contributed by atoms with E-state index in [2.05, 4.69) is 5.32 Å². The van der Waals surface area contributed by atoms with E-state index in [1.807, 2.05) is 60.7 Å². The van der Waals surface area contributed by atoms with Crippen LogP contribution in [0.25, 0.3) is 12.2 Å². The third-order valence-electron chi connectivity index (χ3n) is 2.79. The number of anilines is 1. The molecule has 0 atom stereocenters. The predicted octanol–water partition coefficient (Wildman–Crippen LogP) is 3.82. The van der Waals surface area contributed by atoms with E-state index in [9.17, 15) is 4.79 Å². The van der Waals surface area contributed by atoms with Crippen LogP contribution in [0, 0.1) is 0 Å². The highest BCUT2D eigenvalue weighted by atomic mass is 16.5. The number of carbonyl (C=O) groups excluding carboxylic acids is 1. The van der Waals surface area contributed by atoms with Crippen molar-refractivity contribution in [3.8, 4) is 5.75 Å². The SMILES string of the molecule is COc1cccc(/C=C/c2ccc(NC(C)=O)cc2)c1. The van der Waals surface area contributed by atoms with Crippen LogP contribution in [0.15, 0.2) is 48.5 Å². The first kappa shape index (κ1) is 13.9. The van der Waals surface area contributed by atoms with Crippen LogP contribution in [-0.2, 0) is 4.79 Å². The van der Waals surface area contributed by atoms with E-state index >= 15 is 0 Å². The van der Waals surface area contributed by atoms with E-state index in [1.165, 1.54) is 6.92 Å². The standard InChI is InChI=1S/C17H17NO2/c1-13(19)18-16-10-8-14(9-11-16)6-7-15-4-3-5-17(12-15)20-2/h3-12H,1-2H3,(H,18,19)/b7-6+. The smallest absolute Gasteiger partial charge is 0.221 e. The second kappa shape index (κ2) is 6.57. The molecule has 1 N–H and O–H groups in total. The maximum atomic E-state index is 10.9. The monoisotopic (exact) mass is 267 g/mol. The molecule has 0 fully saturated rings. The molecule has 0 spiro atoms. The van der Waals surface area contributed by atoms with E-state index in [1.54, 1.807) is 7.11 Å². The fourth-order valence-corrected chi connectivity index (χ4v) is 1.82. The van der Waals surface area contributed by atoms with Crippen molar-refractivity contribution in [1.29, 1.82) is 0 Å². The van der Waals surface area contributed by atoms with Gasteiger partial charge in [-0.25, -0.2) is 0 Å². The highest BCUT2D eigenvalue weighted by Gasteiger charge is 1.95. The molecular formula is C17H17NO2. The molecule has 3 heteroatoms. The van der Waals surface area contributed by atoms with Gasteiger partial charge in [0.15, 0.2) is 0 Å². The largest absolute Gasteiger partial charge is 0.497 e. The van der Waals surface area contributed by atoms with Gasteiger partial charge in [0.25, 0.3) is 0 Å². The molecule has 0 saturated carbocycles. The summed E-state index contributed by atoms with van der Waals surface area (Å²) >= 11 is 0. The molecule has 0 saturated heterocycles. The highest BCUT2D eigenvalue weighted by molar-refractivity contribution is 5.88. The quantitative estimate of drug-likeness (QED) is 0.855. The van der Waals surface area contributed by atoms with Crippen molar-refractivity contribution >= 4 is 23.7 Å². The van der Waals surface area contributed by atoms with Crippen LogP contribution in [0.5, 0.6) is 5.75 Å². The van der Waals surface area contributed by atoms with Crippen LogP contribution in [0.2, 0.25) is 0 Å². The topological polar surface area (TPSA) is 38.3 Å². The molecule has 3 nitrogen and oxygen atoms in total. The summed E-state index contributed by atoms with van der Waals surface area (Å²) in [5.74, 6) is 0.776. The molecule has 0 aromatic heterocycles. The zero-order valence-corrected chi connectivity index (χ0v) is 11.6. The fourth-order valence-electron chi connectivity index (χ4n) is 1.82. The van der Waals surface area contributed by atoms with Gasteiger partial charge < -0.3 is 10.1 Å². The van der Waals surface area contributed by atoms with Crippen LogP contribution in [0.3, 0.4) is 0 Å². The Kier molecular flexibility index (Phi) is 4.56. The van der Waals surface area contributed by atoms with Gasteiger partial charge in [0.2, 0.25) is 5.91 Å². The maximum Gasteiger partial charge on any atom is 0.221 e. The first-order valence-corrected chi connectivity index (χ1v) is 6.37. The minimum atomic E-state index is -0.0651.